The Morgan fingerprint density at radius 2 is 1.66 bits per heavy atom. The minimum Gasteiger partial charge on any atom is -0.340 e. The van der Waals surface area contributed by atoms with Gasteiger partial charge in [-0.2, -0.15) is 4.31 Å². The lowest BCUT2D eigenvalue weighted by molar-refractivity contribution is -0.135. The summed E-state index contributed by atoms with van der Waals surface area (Å²) in [7, 11) is -3.75. The van der Waals surface area contributed by atoms with E-state index in [1.165, 1.54) is 23.4 Å². The second-order valence-corrected chi connectivity index (χ2v) is 9.77. The van der Waals surface area contributed by atoms with Crippen molar-refractivity contribution in [3.63, 3.8) is 0 Å². The third-order valence-corrected chi connectivity index (χ3v) is 7.79. The number of amides is 2. The number of fused-ring (bicyclic) bond motifs is 1. The third kappa shape index (κ3) is 4.31. The van der Waals surface area contributed by atoms with Gasteiger partial charge in [-0.25, -0.2) is 12.8 Å². The maximum Gasteiger partial charge on any atom is 0.243 e. The molecule has 2 heterocycles. The van der Waals surface area contributed by atoms with Crippen molar-refractivity contribution < 1.29 is 22.4 Å². The molecular formula is C23H24FN3O4S. The predicted molar refractivity (Wildman–Crippen MR) is 117 cm³/mol. The molecule has 2 aliphatic heterocycles. The molecule has 1 saturated heterocycles. The van der Waals surface area contributed by atoms with Crippen LogP contribution in [0, 0.1) is 5.82 Å². The highest BCUT2D eigenvalue weighted by Crippen LogP contribution is 2.33. The van der Waals surface area contributed by atoms with Crippen molar-refractivity contribution in [3.05, 3.63) is 71.7 Å². The third-order valence-electron chi connectivity index (χ3n) is 5.88. The van der Waals surface area contributed by atoms with E-state index in [2.05, 4.69) is 0 Å². The summed E-state index contributed by atoms with van der Waals surface area (Å²) in [4.78, 5) is 28.4. The molecule has 1 fully saturated rings. The van der Waals surface area contributed by atoms with Gasteiger partial charge in [0.15, 0.2) is 0 Å². The van der Waals surface area contributed by atoms with Gasteiger partial charge in [0.05, 0.1) is 17.4 Å². The Bertz CT molecular complexity index is 1160. The van der Waals surface area contributed by atoms with E-state index in [9.17, 15) is 22.4 Å². The molecular weight excluding hydrogens is 433 g/mol. The molecule has 0 spiro atoms. The zero-order chi connectivity index (χ0) is 22.9. The molecule has 0 aromatic heterocycles. The Hall–Kier alpha value is -3.04. The van der Waals surface area contributed by atoms with Crippen LogP contribution < -0.4 is 0 Å². The first-order valence-electron chi connectivity index (χ1n) is 10.4. The van der Waals surface area contributed by atoms with Gasteiger partial charge in [0.2, 0.25) is 21.8 Å². The first-order valence-corrected chi connectivity index (χ1v) is 11.8. The molecule has 0 radical (unpaired) electrons. The second kappa shape index (κ2) is 8.84. The summed E-state index contributed by atoms with van der Waals surface area (Å²) in [6, 6.07) is 12.0. The Labute approximate surface area is 186 Å². The van der Waals surface area contributed by atoms with Gasteiger partial charge in [-0.05, 0) is 41.5 Å². The van der Waals surface area contributed by atoms with Gasteiger partial charge in [0.1, 0.15) is 5.82 Å². The number of rotatable bonds is 4. The molecule has 2 aromatic rings. The van der Waals surface area contributed by atoms with E-state index in [0.717, 1.165) is 23.3 Å². The van der Waals surface area contributed by atoms with Crippen LogP contribution in [-0.2, 0) is 19.6 Å². The van der Waals surface area contributed by atoms with Crippen LogP contribution in [0.1, 0.15) is 30.5 Å². The number of hydrogen-bond acceptors (Lipinski definition) is 4. The molecule has 0 bridgehead atoms. The molecule has 0 saturated carbocycles. The molecule has 4 rings (SSSR count). The lowest BCUT2D eigenvalue weighted by Crippen LogP contribution is -2.51. The summed E-state index contributed by atoms with van der Waals surface area (Å²) in [5, 5.41) is 0. The molecule has 2 aliphatic rings. The van der Waals surface area contributed by atoms with Crippen LogP contribution in [0.2, 0.25) is 0 Å². The van der Waals surface area contributed by atoms with E-state index in [1.807, 2.05) is 30.3 Å². The van der Waals surface area contributed by atoms with Crippen molar-refractivity contribution in [2.75, 3.05) is 26.2 Å². The molecule has 2 amide bonds. The van der Waals surface area contributed by atoms with E-state index in [0.29, 0.717) is 0 Å². The SMILES string of the molecule is CC(=O)N1C=Cc2ccccc2[C@H]1CC(=O)N1CCN(S(=O)(=O)c2ccc(F)cc2)CC1. The Kier molecular flexibility index (Phi) is 6.12. The van der Waals surface area contributed by atoms with E-state index in [-0.39, 0.29) is 49.3 Å². The van der Waals surface area contributed by atoms with Crippen LogP contribution in [0.5, 0.6) is 0 Å². The predicted octanol–water partition coefficient (Wildman–Crippen LogP) is 2.62. The lowest BCUT2D eigenvalue weighted by atomic mass is 9.93. The van der Waals surface area contributed by atoms with Crippen molar-refractivity contribution in [2.24, 2.45) is 0 Å². The molecule has 0 unspecified atom stereocenters. The first-order chi connectivity index (χ1) is 15.3. The van der Waals surface area contributed by atoms with E-state index < -0.39 is 21.9 Å². The van der Waals surface area contributed by atoms with Gasteiger partial charge < -0.3 is 9.80 Å². The fraction of sp³-hybridized carbons (Fsp3) is 0.304. The minimum atomic E-state index is -3.75. The van der Waals surface area contributed by atoms with Crippen molar-refractivity contribution in [1.82, 2.24) is 14.1 Å². The molecule has 9 heteroatoms. The Balaban J connectivity index is 1.44. The molecule has 2 aromatic carbocycles. The van der Waals surface area contributed by atoms with Gasteiger partial charge in [-0.3, -0.25) is 9.59 Å². The molecule has 168 valence electrons. The second-order valence-electron chi connectivity index (χ2n) is 7.83. The highest BCUT2D eigenvalue weighted by Gasteiger charge is 2.33. The topological polar surface area (TPSA) is 78.0 Å². The monoisotopic (exact) mass is 457 g/mol. The maximum absolute atomic E-state index is 13.1. The number of halogens is 1. The molecule has 1 atom stereocenters. The summed E-state index contributed by atoms with van der Waals surface area (Å²) < 4.78 is 40.0. The van der Waals surface area contributed by atoms with E-state index >= 15 is 0 Å². The Morgan fingerprint density at radius 1 is 1.00 bits per heavy atom. The minimum absolute atomic E-state index is 0.0291. The average Bonchev–Trinajstić information content (AvgIpc) is 2.79. The Morgan fingerprint density at radius 3 is 2.31 bits per heavy atom. The zero-order valence-electron chi connectivity index (χ0n) is 17.6. The summed E-state index contributed by atoms with van der Waals surface area (Å²) in [5.41, 5.74) is 1.88. The highest BCUT2D eigenvalue weighted by atomic mass is 32.2. The van der Waals surface area contributed by atoms with Gasteiger partial charge in [-0.15, -0.1) is 0 Å². The van der Waals surface area contributed by atoms with Crippen LogP contribution in [0.3, 0.4) is 0 Å². The summed E-state index contributed by atoms with van der Waals surface area (Å²) in [5.74, 6) is -0.785. The normalized spacial score (nSPS) is 19.0. The van der Waals surface area contributed by atoms with Crippen LogP contribution in [0.25, 0.3) is 6.08 Å². The first kappa shape index (κ1) is 22.2. The standard InChI is InChI=1S/C23H24FN3O4S/c1-17(28)27-11-10-18-4-2-3-5-21(18)22(27)16-23(29)25-12-14-26(15-13-25)32(30,31)20-8-6-19(24)7-9-20/h2-11,22H,12-16H2,1H3/t22-/m1/s1. The average molecular weight is 458 g/mol. The van der Waals surface area contributed by atoms with Crippen LogP contribution in [0.15, 0.2) is 59.6 Å². The van der Waals surface area contributed by atoms with Gasteiger partial charge >= 0.3 is 0 Å². The molecule has 0 N–H and O–H groups in total. The van der Waals surface area contributed by atoms with Crippen LogP contribution in [-0.4, -0.2) is 60.5 Å². The van der Waals surface area contributed by atoms with Gasteiger partial charge in [0.25, 0.3) is 0 Å². The number of carbonyl (C=O) groups is 2. The summed E-state index contributed by atoms with van der Waals surface area (Å²) >= 11 is 0. The summed E-state index contributed by atoms with van der Waals surface area (Å²) in [6.07, 6.45) is 3.68. The van der Waals surface area contributed by atoms with Crippen LogP contribution in [0.4, 0.5) is 4.39 Å². The number of benzene rings is 2. The maximum atomic E-state index is 13.1. The number of piperazine rings is 1. The molecule has 7 nitrogen and oxygen atoms in total. The number of sulfonamides is 1. The lowest BCUT2D eigenvalue weighted by Gasteiger charge is -2.37. The molecule has 32 heavy (non-hydrogen) atoms. The number of hydrogen-bond donors (Lipinski definition) is 0. The number of carbonyl (C=O) groups excluding carboxylic acids is 2. The van der Waals surface area contributed by atoms with E-state index in [1.54, 1.807) is 16.0 Å². The molecule has 0 aliphatic carbocycles. The van der Waals surface area contributed by atoms with Gasteiger partial charge in [-0.1, -0.05) is 24.3 Å². The van der Waals surface area contributed by atoms with Crippen molar-refractivity contribution in [1.29, 1.82) is 0 Å². The quantitative estimate of drug-likeness (QED) is 0.707. The van der Waals surface area contributed by atoms with Crippen LogP contribution >= 0.6 is 0 Å². The largest absolute Gasteiger partial charge is 0.340 e. The fourth-order valence-electron chi connectivity index (χ4n) is 4.14. The smallest absolute Gasteiger partial charge is 0.243 e. The van der Waals surface area contributed by atoms with Crippen molar-refractivity contribution in [2.45, 2.75) is 24.3 Å². The number of nitrogens with zero attached hydrogens (tertiary/aromatic N) is 3. The van der Waals surface area contributed by atoms with Crippen molar-refractivity contribution >= 4 is 27.9 Å². The summed E-state index contributed by atoms with van der Waals surface area (Å²) in [6.45, 7) is 2.29. The van der Waals surface area contributed by atoms with E-state index in [4.69, 9.17) is 0 Å². The van der Waals surface area contributed by atoms with Gasteiger partial charge in [0, 0.05) is 39.3 Å². The fourth-order valence-corrected chi connectivity index (χ4v) is 5.56. The van der Waals surface area contributed by atoms with Crippen molar-refractivity contribution in [3.8, 4) is 0 Å². The highest BCUT2D eigenvalue weighted by molar-refractivity contribution is 7.89. The zero-order valence-corrected chi connectivity index (χ0v) is 18.5.